The number of hydrogen-bond donors (Lipinski definition) is 0. The molecule has 0 bridgehead atoms. The molecule has 0 unspecified atom stereocenters. The predicted molar refractivity (Wildman–Crippen MR) is 246 cm³/mol. The van der Waals surface area contributed by atoms with Gasteiger partial charge in [0.1, 0.15) is 0 Å². The highest BCUT2D eigenvalue weighted by Crippen LogP contribution is 2.52. The second-order valence-corrected chi connectivity index (χ2v) is 15.7. The van der Waals surface area contributed by atoms with Crippen molar-refractivity contribution in [2.24, 2.45) is 0 Å². The molecule has 1 heteroatoms. The highest BCUT2D eigenvalue weighted by molar-refractivity contribution is 5.98. The van der Waals surface area contributed by atoms with Crippen molar-refractivity contribution >= 4 is 17.1 Å². The minimum Gasteiger partial charge on any atom is -0.310 e. The maximum Gasteiger partial charge on any atom is 0.0546 e. The predicted octanol–water partition coefficient (Wildman–Crippen LogP) is 15.8. The zero-order valence-corrected chi connectivity index (χ0v) is 32.8. The van der Waals surface area contributed by atoms with E-state index in [1.54, 1.807) is 0 Å². The first kappa shape index (κ1) is 35.2. The fourth-order valence-electron chi connectivity index (χ4n) is 8.92. The maximum atomic E-state index is 2.47. The Morgan fingerprint density at radius 2 is 0.741 bits per heavy atom. The fraction of sp³-hybridized carbons (Fsp3) is 0.0526. The molecule has 58 heavy (non-hydrogen) atoms. The molecule has 0 N–H and O–H groups in total. The van der Waals surface area contributed by atoms with Gasteiger partial charge in [-0.05, 0) is 109 Å². The van der Waals surface area contributed by atoms with Crippen molar-refractivity contribution in [3.8, 4) is 66.8 Å². The molecule has 9 aromatic rings. The van der Waals surface area contributed by atoms with Gasteiger partial charge < -0.3 is 4.90 Å². The van der Waals surface area contributed by atoms with E-state index in [4.69, 9.17) is 0 Å². The lowest BCUT2D eigenvalue weighted by molar-refractivity contribution is 0.660. The van der Waals surface area contributed by atoms with Crippen molar-refractivity contribution in [2.75, 3.05) is 4.90 Å². The standard InChI is InChI=1S/C57H43N/c1-57(2)53-26-13-12-24-51(53)52-37-36-49(39-54(52)57)58(48-34-32-44(33-35-48)43-30-28-42(29-31-43)40-16-6-3-7-17-40)55-27-15-25-50(45-20-10-5-11-21-45)56(55)47-23-14-22-46(38-47)41-18-8-4-9-19-41/h3-39H,1-2H3. The Bertz CT molecular complexity index is 2870. The number of hydrogen-bond acceptors (Lipinski definition) is 1. The Morgan fingerprint density at radius 1 is 0.293 bits per heavy atom. The third kappa shape index (κ3) is 6.32. The molecule has 0 atom stereocenters. The smallest absolute Gasteiger partial charge is 0.0546 e. The second-order valence-electron chi connectivity index (χ2n) is 15.7. The van der Waals surface area contributed by atoms with Gasteiger partial charge in [0, 0.05) is 22.4 Å². The van der Waals surface area contributed by atoms with E-state index in [0.717, 1.165) is 17.1 Å². The number of benzene rings is 9. The van der Waals surface area contributed by atoms with Crippen molar-refractivity contribution < 1.29 is 0 Å². The maximum absolute atomic E-state index is 2.47. The Morgan fingerprint density at radius 3 is 1.40 bits per heavy atom. The largest absolute Gasteiger partial charge is 0.310 e. The second kappa shape index (κ2) is 14.7. The molecule has 276 valence electrons. The minimum atomic E-state index is -0.137. The Balaban J connectivity index is 1.16. The van der Waals surface area contributed by atoms with Gasteiger partial charge in [0.15, 0.2) is 0 Å². The molecule has 1 aliphatic rings. The van der Waals surface area contributed by atoms with Crippen molar-refractivity contribution in [2.45, 2.75) is 19.3 Å². The summed E-state index contributed by atoms with van der Waals surface area (Å²) in [6.45, 7) is 4.72. The van der Waals surface area contributed by atoms with E-state index in [0.29, 0.717) is 0 Å². The fourth-order valence-corrected chi connectivity index (χ4v) is 8.92. The van der Waals surface area contributed by atoms with Gasteiger partial charge in [-0.3, -0.25) is 0 Å². The average molecular weight is 742 g/mol. The lowest BCUT2D eigenvalue weighted by Crippen LogP contribution is -2.17. The molecule has 10 rings (SSSR count). The van der Waals surface area contributed by atoms with Crippen LogP contribution in [0.4, 0.5) is 17.1 Å². The summed E-state index contributed by atoms with van der Waals surface area (Å²) in [6.07, 6.45) is 0. The van der Waals surface area contributed by atoms with Gasteiger partial charge in [-0.25, -0.2) is 0 Å². The van der Waals surface area contributed by atoms with Gasteiger partial charge in [0.25, 0.3) is 0 Å². The molecule has 9 aromatic carbocycles. The van der Waals surface area contributed by atoms with Crippen LogP contribution in [-0.4, -0.2) is 0 Å². The third-order valence-electron chi connectivity index (χ3n) is 11.9. The third-order valence-corrected chi connectivity index (χ3v) is 11.9. The average Bonchev–Trinajstić information content (AvgIpc) is 3.53. The first-order valence-electron chi connectivity index (χ1n) is 20.2. The summed E-state index contributed by atoms with van der Waals surface area (Å²) in [7, 11) is 0. The molecule has 1 aliphatic carbocycles. The van der Waals surface area contributed by atoms with Crippen LogP contribution in [-0.2, 0) is 5.41 Å². The lowest BCUT2D eigenvalue weighted by Gasteiger charge is -2.31. The monoisotopic (exact) mass is 741 g/mol. The van der Waals surface area contributed by atoms with E-state index in [9.17, 15) is 0 Å². The van der Waals surface area contributed by atoms with Crippen LogP contribution in [0.15, 0.2) is 224 Å². The van der Waals surface area contributed by atoms with Crippen molar-refractivity contribution in [1.29, 1.82) is 0 Å². The van der Waals surface area contributed by atoms with Gasteiger partial charge in [0.05, 0.1) is 5.69 Å². The summed E-state index contributed by atoms with van der Waals surface area (Å²) in [4.78, 5) is 2.47. The molecule has 0 heterocycles. The highest BCUT2D eigenvalue weighted by atomic mass is 15.1. The van der Waals surface area contributed by atoms with Crippen molar-refractivity contribution in [3.05, 3.63) is 236 Å². The van der Waals surface area contributed by atoms with Crippen LogP contribution in [0.25, 0.3) is 66.8 Å². The van der Waals surface area contributed by atoms with Gasteiger partial charge in [-0.15, -0.1) is 0 Å². The van der Waals surface area contributed by atoms with E-state index in [1.165, 1.54) is 77.9 Å². The van der Waals surface area contributed by atoms with E-state index in [2.05, 4.69) is 243 Å². The lowest BCUT2D eigenvalue weighted by atomic mass is 9.82. The summed E-state index contributed by atoms with van der Waals surface area (Å²) < 4.78 is 0. The van der Waals surface area contributed by atoms with Crippen LogP contribution in [0.2, 0.25) is 0 Å². The summed E-state index contributed by atoms with van der Waals surface area (Å²) in [5.41, 5.74) is 20.5. The minimum absolute atomic E-state index is 0.137. The molecule has 0 saturated carbocycles. The molecular formula is C57H43N. The Labute approximate surface area is 342 Å². The van der Waals surface area contributed by atoms with Gasteiger partial charge >= 0.3 is 0 Å². The van der Waals surface area contributed by atoms with Crippen molar-refractivity contribution in [1.82, 2.24) is 0 Å². The van der Waals surface area contributed by atoms with Gasteiger partial charge in [0.2, 0.25) is 0 Å². The normalized spacial score (nSPS) is 12.4. The van der Waals surface area contributed by atoms with Crippen molar-refractivity contribution in [3.63, 3.8) is 0 Å². The molecule has 0 amide bonds. The molecular weight excluding hydrogens is 699 g/mol. The van der Waals surface area contributed by atoms with Crippen LogP contribution < -0.4 is 4.90 Å². The van der Waals surface area contributed by atoms with E-state index in [-0.39, 0.29) is 5.41 Å². The molecule has 0 fully saturated rings. The summed E-state index contributed by atoms with van der Waals surface area (Å²) >= 11 is 0. The molecule has 0 aromatic heterocycles. The van der Waals surface area contributed by atoms with Crippen LogP contribution in [0.3, 0.4) is 0 Å². The number of nitrogens with zero attached hydrogens (tertiary/aromatic N) is 1. The van der Waals surface area contributed by atoms with E-state index in [1.807, 2.05) is 0 Å². The van der Waals surface area contributed by atoms with Crippen LogP contribution in [0, 0.1) is 0 Å². The topological polar surface area (TPSA) is 3.24 Å². The van der Waals surface area contributed by atoms with Crippen LogP contribution in [0.5, 0.6) is 0 Å². The van der Waals surface area contributed by atoms with Crippen LogP contribution in [0.1, 0.15) is 25.0 Å². The summed E-state index contributed by atoms with van der Waals surface area (Å²) in [5, 5.41) is 0. The number of fused-ring (bicyclic) bond motifs is 3. The van der Waals surface area contributed by atoms with Crippen LogP contribution >= 0.6 is 0 Å². The van der Waals surface area contributed by atoms with Gasteiger partial charge in [-0.2, -0.15) is 0 Å². The molecule has 0 spiro atoms. The number of rotatable bonds is 8. The summed E-state index contributed by atoms with van der Waals surface area (Å²) in [6, 6.07) is 81.9. The first-order chi connectivity index (χ1) is 28.5. The summed E-state index contributed by atoms with van der Waals surface area (Å²) in [5.74, 6) is 0. The number of anilines is 3. The quantitative estimate of drug-likeness (QED) is 0.150. The van der Waals surface area contributed by atoms with E-state index >= 15 is 0 Å². The highest BCUT2D eigenvalue weighted by Gasteiger charge is 2.36. The zero-order valence-electron chi connectivity index (χ0n) is 32.8. The molecule has 0 aliphatic heterocycles. The van der Waals surface area contributed by atoms with Gasteiger partial charge in [-0.1, -0.05) is 202 Å². The Kier molecular flexibility index (Phi) is 8.92. The van der Waals surface area contributed by atoms with E-state index < -0.39 is 0 Å². The zero-order chi connectivity index (χ0) is 39.1. The molecule has 0 saturated heterocycles. The SMILES string of the molecule is CC1(C)c2ccccc2-c2ccc(N(c3ccc(-c4ccc(-c5ccccc5)cc4)cc3)c3cccc(-c4ccccc4)c3-c3cccc(-c4ccccc4)c3)cc21. The Hall–Kier alpha value is -7.22. The molecule has 0 radical (unpaired) electrons. The first-order valence-corrected chi connectivity index (χ1v) is 20.2. The molecule has 1 nitrogen and oxygen atoms in total.